The van der Waals surface area contributed by atoms with Gasteiger partial charge < -0.3 is 9.67 Å². The van der Waals surface area contributed by atoms with E-state index in [1.54, 1.807) is 6.92 Å². The Kier molecular flexibility index (Phi) is 4.31. The van der Waals surface area contributed by atoms with Crippen LogP contribution in [0.2, 0.25) is 0 Å². The van der Waals surface area contributed by atoms with E-state index < -0.39 is 0 Å². The summed E-state index contributed by atoms with van der Waals surface area (Å²) in [6, 6.07) is 21.8. The molecule has 1 heterocycles. The lowest BCUT2D eigenvalue weighted by atomic mass is 9.97. The van der Waals surface area contributed by atoms with E-state index >= 15 is 0 Å². The molecule has 1 atom stereocenters. The van der Waals surface area contributed by atoms with E-state index in [0.29, 0.717) is 18.5 Å². The van der Waals surface area contributed by atoms with Gasteiger partial charge in [0.2, 0.25) is 0 Å². The van der Waals surface area contributed by atoms with Crippen LogP contribution >= 0.6 is 0 Å². The first-order valence-electron chi connectivity index (χ1n) is 8.93. The number of carbonyl (C=O) groups excluding carboxylic acids is 1. The Balaban J connectivity index is 1.84. The molecule has 0 saturated heterocycles. The first-order chi connectivity index (χ1) is 12.6. The highest BCUT2D eigenvalue weighted by Gasteiger charge is 2.18. The van der Waals surface area contributed by atoms with Crippen molar-refractivity contribution in [3.05, 3.63) is 84.1 Å². The van der Waals surface area contributed by atoms with Crippen molar-refractivity contribution < 1.29 is 9.90 Å². The summed E-state index contributed by atoms with van der Waals surface area (Å²) in [6.07, 6.45) is 2.21. The van der Waals surface area contributed by atoms with Gasteiger partial charge in [-0.1, -0.05) is 60.7 Å². The molecule has 0 aliphatic rings. The van der Waals surface area contributed by atoms with Crippen molar-refractivity contribution in [3.63, 3.8) is 0 Å². The average molecular weight is 343 g/mol. The van der Waals surface area contributed by atoms with E-state index in [1.807, 2.05) is 72.9 Å². The first-order valence-corrected chi connectivity index (χ1v) is 8.93. The fourth-order valence-corrected chi connectivity index (χ4v) is 3.51. The highest BCUT2D eigenvalue weighted by atomic mass is 16.3. The number of aromatic nitrogens is 1. The van der Waals surface area contributed by atoms with E-state index in [4.69, 9.17) is 0 Å². The molecule has 0 saturated carbocycles. The maximum absolute atomic E-state index is 13.4. The standard InChI is InChI=1S/C23H21NO2/c1-16(25)13-14-24-15-21(19-10-4-5-12-22(19)24)23(26)20-11-6-8-17-7-2-3-9-18(17)20/h2-12,15-16,25H,13-14H2,1H3/t16-/m1/s1. The number of carbonyl (C=O) groups is 1. The van der Waals surface area contributed by atoms with E-state index in [-0.39, 0.29) is 11.9 Å². The number of aryl methyl sites for hydroxylation is 1. The number of ketones is 1. The van der Waals surface area contributed by atoms with E-state index in [1.165, 1.54) is 0 Å². The van der Waals surface area contributed by atoms with Gasteiger partial charge in [-0.25, -0.2) is 0 Å². The van der Waals surface area contributed by atoms with E-state index in [9.17, 15) is 9.90 Å². The Morgan fingerprint density at radius 1 is 0.923 bits per heavy atom. The number of hydrogen-bond donors (Lipinski definition) is 1. The molecule has 4 aromatic rings. The fourth-order valence-electron chi connectivity index (χ4n) is 3.51. The lowest BCUT2D eigenvalue weighted by Gasteiger charge is -2.06. The SMILES string of the molecule is C[C@@H](O)CCn1cc(C(=O)c2cccc3ccccc23)c2ccccc21. The number of aliphatic hydroxyl groups excluding tert-OH is 1. The van der Waals surface area contributed by atoms with Gasteiger partial charge in [-0.05, 0) is 30.2 Å². The summed E-state index contributed by atoms with van der Waals surface area (Å²) in [5.74, 6) is 0.0359. The Hall–Kier alpha value is -2.91. The van der Waals surface area contributed by atoms with Gasteiger partial charge in [0.25, 0.3) is 0 Å². The fraction of sp³-hybridized carbons (Fsp3) is 0.174. The smallest absolute Gasteiger partial charge is 0.195 e. The van der Waals surface area contributed by atoms with Crippen LogP contribution in [0.15, 0.2) is 72.9 Å². The lowest BCUT2D eigenvalue weighted by molar-refractivity contribution is 0.104. The highest BCUT2D eigenvalue weighted by Crippen LogP contribution is 2.27. The van der Waals surface area contributed by atoms with E-state index in [2.05, 4.69) is 4.57 Å². The Morgan fingerprint density at radius 2 is 1.62 bits per heavy atom. The van der Waals surface area contributed by atoms with Gasteiger partial charge in [0.1, 0.15) is 0 Å². The molecular weight excluding hydrogens is 322 g/mol. The molecule has 3 heteroatoms. The van der Waals surface area contributed by atoms with Gasteiger partial charge >= 0.3 is 0 Å². The van der Waals surface area contributed by atoms with Gasteiger partial charge in [0, 0.05) is 34.8 Å². The van der Waals surface area contributed by atoms with Crippen LogP contribution in [-0.2, 0) is 6.54 Å². The number of rotatable bonds is 5. The molecule has 0 fully saturated rings. The molecule has 0 aliphatic carbocycles. The molecule has 130 valence electrons. The number of nitrogens with zero attached hydrogens (tertiary/aromatic N) is 1. The molecule has 0 radical (unpaired) electrons. The zero-order valence-corrected chi connectivity index (χ0v) is 14.7. The summed E-state index contributed by atoms with van der Waals surface area (Å²) in [4.78, 5) is 13.4. The predicted octanol–water partition coefficient (Wildman–Crippen LogP) is 4.80. The van der Waals surface area contributed by atoms with Crippen LogP contribution in [0.1, 0.15) is 29.3 Å². The molecule has 1 aromatic heterocycles. The first kappa shape index (κ1) is 16.6. The average Bonchev–Trinajstić information content (AvgIpc) is 3.04. The van der Waals surface area contributed by atoms with Gasteiger partial charge in [-0.15, -0.1) is 0 Å². The normalized spacial score (nSPS) is 12.5. The van der Waals surface area contributed by atoms with Crippen LogP contribution in [-0.4, -0.2) is 21.6 Å². The van der Waals surface area contributed by atoms with Crippen LogP contribution in [0.3, 0.4) is 0 Å². The van der Waals surface area contributed by atoms with Crippen molar-refractivity contribution in [1.29, 1.82) is 0 Å². The predicted molar refractivity (Wildman–Crippen MR) is 106 cm³/mol. The highest BCUT2D eigenvalue weighted by molar-refractivity contribution is 6.21. The summed E-state index contributed by atoms with van der Waals surface area (Å²) in [5.41, 5.74) is 2.46. The third-order valence-corrected chi connectivity index (χ3v) is 4.86. The molecule has 4 rings (SSSR count). The molecule has 0 amide bonds. The quantitative estimate of drug-likeness (QED) is 0.529. The zero-order chi connectivity index (χ0) is 18.1. The second kappa shape index (κ2) is 6.77. The van der Waals surface area contributed by atoms with Crippen LogP contribution < -0.4 is 0 Å². The summed E-state index contributed by atoms with van der Waals surface area (Å²) in [7, 11) is 0. The van der Waals surface area contributed by atoms with Crippen LogP contribution in [0.5, 0.6) is 0 Å². The van der Waals surface area contributed by atoms with Crippen molar-refractivity contribution in [2.45, 2.75) is 26.0 Å². The van der Waals surface area contributed by atoms with Crippen LogP contribution in [0.4, 0.5) is 0 Å². The summed E-state index contributed by atoms with van der Waals surface area (Å²) >= 11 is 0. The third-order valence-electron chi connectivity index (χ3n) is 4.86. The van der Waals surface area contributed by atoms with Crippen LogP contribution in [0.25, 0.3) is 21.7 Å². The molecule has 0 spiro atoms. The minimum absolute atomic E-state index is 0.0359. The lowest BCUT2D eigenvalue weighted by Crippen LogP contribution is -2.06. The largest absolute Gasteiger partial charge is 0.393 e. The van der Waals surface area contributed by atoms with Crippen molar-refractivity contribution >= 4 is 27.5 Å². The second-order valence-corrected chi connectivity index (χ2v) is 6.75. The van der Waals surface area contributed by atoms with Gasteiger partial charge in [-0.2, -0.15) is 0 Å². The van der Waals surface area contributed by atoms with Crippen molar-refractivity contribution in [1.82, 2.24) is 4.57 Å². The summed E-state index contributed by atoms with van der Waals surface area (Å²) in [5, 5.41) is 12.6. The minimum Gasteiger partial charge on any atom is -0.393 e. The van der Waals surface area contributed by atoms with Crippen LogP contribution in [0, 0.1) is 0 Å². The monoisotopic (exact) mass is 343 g/mol. The third kappa shape index (κ3) is 2.91. The molecular formula is C23H21NO2. The number of aliphatic hydroxyl groups is 1. The van der Waals surface area contributed by atoms with E-state index in [0.717, 1.165) is 27.2 Å². The van der Waals surface area contributed by atoms with Gasteiger partial charge in [0.05, 0.1) is 6.10 Å². The summed E-state index contributed by atoms with van der Waals surface area (Å²) < 4.78 is 2.07. The molecule has 0 unspecified atom stereocenters. The van der Waals surface area contributed by atoms with Crippen molar-refractivity contribution in [2.75, 3.05) is 0 Å². The molecule has 1 N–H and O–H groups in total. The molecule has 26 heavy (non-hydrogen) atoms. The Labute approximate surface area is 152 Å². The molecule has 0 aliphatic heterocycles. The molecule has 3 nitrogen and oxygen atoms in total. The maximum atomic E-state index is 13.4. The number of para-hydroxylation sites is 1. The number of fused-ring (bicyclic) bond motifs is 2. The van der Waals surface area contributed by atoms with Crippen molar-refractivity contribution in [2.24, 2.45) is 0 Å². The molecule has 3 aromatic carbocycles. The zero-order valence-electron chi connectivity index (χ0n) is 14.7. The second-order valence-electron chi connectivity index (χ2n) is 6.75. The summed E-state index contributed by atoms with van der Waals surface area (Å²) in [6.45, 7) is 2.47. The minimum atomic E-state index is -0.367. The topological polar surface area (TPSA) is 42.2 Å². The van der Waals surface area contributed by atoms with Gasteiger partial charge in [-0.3, -0.25) is 4.79 Å². The van der Waals surface area contributed by atoms with Crippen molar-refractivity contribution in [3.8, 4) is 0 Å². The maximum Gasteiger partial charge on any atom is 0.195 e. The number of hydrogen-bond acceptors (Lipinski definition) is 2. The Morgan fingerprint density at radius 3 is 2.42 bits per heavy atom. The molecule has 0 bridgehead atoms. The van der Waals surface area contributed by atoms with Gasteiger partial charge in [0.15, 0.2) is 5.78 Å². The Bertz CT molecular complexity index is 1090. The number of benzene rings is 3.